The number of aliphatic hydroxyl groups is 2. The van der Waals surface area contributed by atoms with Crippen LogP contribution in [0.3, 0.4) is 0 Å². The van der Waals surface area contributed by atoms with Gasteiger partial charge >= 0.3 is 0 Å². The van der Waals surface area contributed by atoms with E-state index in [9.17, 15) is 13.2 Å². The fraction of sp³-hybridized carbons (Fsp3) is 0.259. The van der Waals surface area contributed by atoms with Gasteiger partial charge in [0.15, 0.2) is 0 Å². The number of hydrogen-bond acceptors (Lipinski definition) is 8. The predicted molar refractivity (Wildman–Crippen MR) is 148 cm³/mol. The van der Waals surface area contributed by atoms with E-state index in [0.29, 0.717) is 54.9 Å². The van der Waals surface area contributed by atoms with Crippen molar-refractivity contribution >= 4 is 49.1 Å². The summed E-state index contributed by atoms with van der Waals surface area (Å²) in [6.45, 7) is 2.02. The van der Waals surface area contributed by atoms with Crippen molar-refractivity contribution in [3.05, 3.63) is 72.3 Å². The van der Waals surface area contributed by atoms with Gasteiger partial charge in [-0.2, -0.15) is 0 Å². The number of hydrogen-bond donors (Lipinski definition) is 5. The molecule has 1 aromatic heterocycles. The second-order valence-electron chi connectivity index (χ2n) is 8.80. The quantitative estimate of drug-likeness (QED) is 0.136. The zero-order chi connectivity index (χ0) is 27.1. The van der Waals surface area contributed by atoms with E-state index in [1.54, 1.807) is 24.3 Å². The molecule has 0 bridgehead atoms. The highest BCUT2D eigenvalue weighted by Crippen LogP contribution is 2.34. The van der Waals surface area contributed by atoms with Crippen LogP contribution in [0.2, 0.25) is 0 Å². The fourth-order valence-electron chi connectivity index (χ4n) is 4.32. The minimum absolute atomic E-state index is 0.00855. The summed E-state index contributed by atoms with van der Waals surface area (Å²) in [7, 11) is -3.80. The highest BCUT2D eigenvalue weighted by molar-refractivity contribution is 7.89. The zero-order valence-electron chi connectivity index (χ0n) is 20.8. The van der Waals surface area contributed by atoms with Crippen molar-refractivity contribution in [1.29, 1.82) is 0 Å². The van der Waals surface area contributed by atoms with Crippen LogP contribution in [0, 0.1) is 0 Å². The average Bonchev–Trinajstić information content (AvgIpc) is 2.90. The Morgan fingerprint density at radius 1 is 0.895 bits per heavy atom. The minimum atomic E-state index is -3.80. The SMILES string of the molecule is NS(=O)(=O)c1ccc(Nc2c3ccccc3nc3c(C(=O)NCCCN(CCO)CCO)cccc23)cc1. The molecule has 0 aliphatic heterocycles. The molecule has 11 heteroatoms. The van der Waals surface area contributed by atoms with Crippen molar-refractivity contribution in [2.45, 2.75) is 11.3 Å². The van der Waals surface area contributed by atoms with Gasteiger partial charge in [0.1, 0.15) is 0 Å². The molecule has 0 radical (unpaired) electrons. The molecule has 0 saturated carbocycles. The number of carbonyl (C=O) groups is 1. The van der Waals surface area contributed by atoms with Crippen LogP contribution < -0.4 is 15.8 Å². The Morgan fingerprint density at radius 2 is 1.58 bits per heavy atom. The lowest BCUT2D eigenvalue weighted by Gasteiger charge is -2.20. The number of para-hydroxylation sites is 2. The number of carbonyl (C=O) groups excluding carboxylic acids is 1. The Bertz CT molecular complexity index is 1520. The maximum absolute atomic E-state index is 13.2. The van der Waals surface area contributed by atoms with Crippen LogP contribution in [0.5, 0.6) is 0 Å². The highest BCUT2D eigenvalue weighted by atomic mass is 32.2. The van der Waals surface area contributed by atoms with Gasteiger partial charge in [0.25, 0.3) is 5.91 Å². The number of nitrogens with zero attached hydrogens (tertiary/aromatic N) is 2. The van der Waals surface area contributed by atoms with E-state index in [2.05, 4.69) is 10.6 Å². The average molecular weight is 538 g/mol. The number of benzene rings is 3. The fourth-order valence-corrected chi connectivity index (χ4v) is 4.84. The first-order chi connectivity index (χ1) is 18.3. The Morgan fingerprint density at radius 3 is 2.26 bits per heavy atom. The van der Waals surface area contributed by atoms with Gasteiger partial charge in [-0.3, -0.25) is 9.69 Å². The molecule has 4 rings (SSSR count). The Kier molecular flexibility index (Phi) is 8.87. The number of fused-ring (bicyclic) bond motifs is 2. The molecule has 1 heterocycles. The van der Waals surface area contributed by atoms with Crippen molar-refractivity contribution in [3.63, 3.8) is 0 Å². The first kappa shape index (κ1) is 27.4. The number of nitrogens with one attached hydrogen (secondary N) is 2. The van der Waals surface area contributed by atoms with Crippen molar-refractivity contribution in [2.75, 3.05) is 44.7 Å². The van der Waals surface area contributed by atoms with Crippen LogP contribution in [0.25, 0.3) is 21.8 Å². The number of anilines is 2. The summed E-state index contributed by atoms with van der Waals surface area (Å²) in [6.07, 6.45) is 0.661. The summed E-state index contributed by atoms with van der Waals surface area (Å²) in [4.78, 5) is 19.9. The van der Waals surface area contributed by atoms with E-state index in [-0.39, 0.29) is 24.0 Å². The molecule has 0 aliphatic carbocycles. The van der Waals surface area contributed by atoms with Gasteiger partial charge in [-0.1, -0.05) is 30.3 Å². The first-order valence-corrected chi connectivity index (χ1v) is 13.8. The normalized spacial score (nSPS) is 11.8. The largest absolute Gasteiger partial charge is 0.395 e. The summed E-state index contributed by atoms with van der Waals surface area (Å²) >= 11 is 0. The third kappa shape index (κ3) is 6.44. The molecule has 38 heavy (non-hydrogen) atoms. The van der Waals surface area contributed by atoms with E-state index in [0.717, 1.165) is 16.5 Å². The molecule has 6 N–H and O–H groups in total. The molecule has 0 spiro atoms. The Balaban J connectivity index is 1.62. The van der Waals surface area contributed by atoms with Crippen LogP contribution in [0.15, 0.2) is 71.6 Å². The first-order valence-electron chi connectivity index (χ1n) is 12.3. The lowest BCUT2D eigenvalue weighted by atomic mass is 10.0. The lowest BCUT2D eigenvalue weighted by Crippen LogP contribution is -2.33. The molecule has 0 unspecified atom stereocenters. The summed E-state index contributed by atoms with van der Waals surface area (Å²) in [6, 6.07) is 19.1. The second-order valence-corrected chi connectivity index (χ2v) is 10.4. The molecule has 3 aromatic carbocycles. The van der Waals surface area contributed by atoms with Crippen LogP contribution in [0.1, 0.15) is 16.8 Å². The summed E-state index contributed by atoms with van der Waals surface area (Å²) in [5.74, 6) is -0.252. The van der Waals surface area contributed by atoms with Crippen LogP contribution in [-0.2, 0) is 10.0 Å². The number of pyridine rings is 1. The summed E-state index contributed by atoms with van der Waals surface area (Å²) in [5.41, 5.74) is 3.07. The number of rotatable bonds is 12. The molecule has 0 saturated heterocycles. The zero-order valence-corrected chi connectivity index (χ0v) is 21.6. The number of amides is 1. The molecule has 4 aromatic rings. The monoisotopic (exact) mass is 537 g/mol. The molecule has 200 valence electrons. The molecule has 0 atom stereocenters. The minimum Gasteiger partial charge on any atom is -0.395 e. The smallest absolute Gasteiger partial charge is 0.253 e. The molecule has 0 aliphatic rings. The third-order valence-electron chi connectivity index (χ3n) is 6.18. The van der Waals surface area contributed by atoms with Gasteiger partial charge in [0, 0.05) is 36.1 Å². The molecule has 10 nitrogen and oxygen atoms in total. The van der Waals surface area contributed by atoms with Crippen molar-refractivity contribution in [3.8, 4) is 0 Å². The third-order valence-corrected chi connectivity index (χ3v) is 7.11. The van der Waals surface area contributed by atoms with Crippen molar-refractivity contribution < 1.29 is 23.4 Å². The standard InChI is InChI=1S/C27H31N5O5S/c28-38(36,37)20-11-9-19(10-12-20)30-25-21-5-1-2-8-24(21)31-26-22(25)6-3-7-23(26)27(35)29-13-4-14-32(15-17-33)16-18-34/h1-3,5-12,33-34H,4,13-18H2,(H,29,35)(H,30,31)(H2,28,36,37). The van der Waals surface area contributed by atoms with Gasteiger partial charge < -0.3 is 20.8 Å². The maximum atomic E-state index is 13.2. The van der Waals surface area contributed by atoms with Gasteiger partial charge in [-0.25, -0.2) is 18.5 Å². The number of aliphatic hydroxyl groups excluding tert-OH is 2. The van der Waals surface area contributed by atoms with E-state index in [1.165, 1.54) is 12.1 Å². The van der Waals surface area contributed by atoms with Gasteiger partial charge in [-0.05, 0) is 49.4 Å². The molecule has 1 amide bonds. The number of sulfonamides is 1. The maximum Gasteiger partial charge on any atom is 0.253 e. The van der Waals surface area contributed by atoms with Crippen LogP contribution in [-0.4, -0.2) is 73.8 Å². The van der Waals surface area contributed by atoms with Crippen molar-refractivity contribution in [2.24, 2.45) is 5.14 Å². The Hall–Kier alpha value is -3.61. The number of nitrogens with two attached hydrogens (primary N) is 1. The number of aromatic nitrogens is 1. The highest BCUT2D eigenvalue weighted by Gasteiger charge is 2.17. The predicted octanol–water partition coefficient (Wildman–Crippen LogP) is 2.19. The lowest BCUT2D eigenvalue weighted by molar-refractivity contribution is 0.0951. The summed E-state index contributed by atoms with van der Waals surface area (Å²) in [5, 5.41) is 31.4. The number of primary sulfonamides is 1. The Labute approximate surface area is 221 Å². The van der Waals surface area contributed by atoms with Gasteiger partial charge in [0.2, 0.25) is 10.0 Å². The van der Waals surface area contributed by atoms with Gasteiger partial charge in [-0.15, -0.1) is 0 Å². The van der Waals surface area contributed by atoms with E-state index < -0.39 is 10.0 Å². The van der Waals surface area contributed by atoms with E-state index in [1.807, 2.05) is 35.2 Å². The summed E-state index contributed by atoms with van der Waals surface area (Å²) < 4.78 is 23.3. The molecular formula is C27H31N5O5S. The van der Waals surface area contributed by atoms with Crippen molar-refractivity contribution in [1.82, 2.24) is 15.2 Å². The second kappa shape index (κ2) is 12.3. The topological polar surface area (TPSA) is 158 Å². The van der Waals surface area contributed by atoms with Crippen LogP contribution >= 0.6 is 0 Å². The van der Waals surface area contributed by atoms with Crippen LogP contribution in [0.4, 0.5) is 11.4 Å². The molecular weight excluding hydrogens is 506 g/mol. The van der Waals surface area contributed by atoms with Gasteiger partial charge in [0.05, 0.1) is 40.4 Å². The van der Waals surface area contributed by atoms with E-state index >= 15 is 0 Å². The van der Waals surface area contributed by atoms with E-state index in [4.69, 9.17) is 20.3 Å². The molecule has 0 fully saturated rings.